The molecule has 0 fully saturated rings. The molecule has 0 saturated heterocycles. The quantitative estimate of drug-likeness (QED) is 0.540. The van der Waals surface area contributed by atoms with E-state index in [-0.39, 0.29) is 10.8 Å². The summed E-state index contributed by atoms with van der Waals surface area (Å²) in [6.07, 6.45) is 0.775. The van der Waals surface area contributed by atoms with Crippen LogP contribution in [0, 0.1) is 5.92 Å². The molecule has 0 aromatic carbocycles. The van der Waals surface area contributed by atoms with E-state index in [0.717, 1.165) is 6.42 Å². The Balaban J connectivity index is 3.52. The van der Waals surface area contributed by atoms with Crippen LogP contribution < -0.4 is 0 Å². The molecule has 0 rings (SSSR count). The average molecular weight is 223 g/mol. The van der Waals surface area contributed by atoms with Gasteiger partial charge >= 0.3 is 5.97 Å². The van der Waals surface area contributed by atoms with Gasteiger partial charge in [0.2, 0.25) is 0 Å². The SMILES string of the molecule is CC[C@H](Br)C(=O)OCC(C)C. The van der Waals surface area contributed by atoms with Gasteiger partial charge in [-0.25, -0.2) is 0 Å². The van der Waals surface area contributed by atoms with Gasteiger partial charge in [0.05, 0.1) is 6.61 Å². The highest BCUT2D eigenvalue weighted by Crippen LogP contribution is 2.07. The Kier molecular flexibility index (Phi) is 5.56. The van der Waals surface area contributed by atoms with Gasteiger partial charge in [-0.05, 0) is 12.3 Å². The van der Waals surface area contributed by atoms with Crippen molar-refractivity contribution in [2.75, 3.05) is 6.61 Å². The van der Waals surface area contributed by atoms with Crippen LogP contribution in [0.15, 0.2) is 0 Å². The smallest absolute Gasteiger partial charge is 0.319 e. The molecular weight excluding hydrogens is 208 g/mol. The van der Waals surface area contributed by atoms with E-state index in [4.69, 9.17) is 4.74 Å². The molecule has 0 aromatic rings. The van der Waals surface area contributed by atoms with Crippen LogP contribution in [0.25, 0.3) is 0 Å². The Morgan fingerprint density at radius 1 is 1.55 bits per heavy atom. The van der Waals surface area contributed by atoms with Crippen LogP contribution in [0.4, 0.5) is 0 Å². The molecular formula is C8H15BrO2. The zero-order chi connectivity index (χ0) is 8.85. The van der Waals surface area contributed by atoms with Gasteiger partial charge in [0.1, 0.15) is 4.83 Å². The first-order chi connectivity index (χ1) is 5.07. The van der Waals surface area contributed by atoms with Crippen LogP contribution in [-0.4, -0.2) is 17.4 Å². The summed E-state index contributed by atoms with van der Waals surface area (Å²) in [4.78, 5) is 10.9. The molecule has 0 heterocycles. The van der Waals surface area contributed by atoms with Gasteiger partial charge < -0.3 is 4.74 Å². The third-order valence-corrected chi connectivity index (χ3v) is 2.19. The summed E-state index contributed by atoms with van der Waals surface area (Å²) in [5.74, 6) is 0.261. The molecule has 11 heavy (non-hydrogen) atoms. The maximum absolute atomic E-state index is 11.0. The highest BCUT2D eigenvalue weighted by molar-refractivity contribution is 9.10. The molecule has 0 saturated carbocycles. The normalized spacial score (nSPS) is 13.2. The molecule has 3 heteroatoms. The molecule has 2 nitrogen and oxygen atoms in total. The van der Waals surface area contributed by atoms with Gasteiger partial charge in [-0.3, -0.25) is 4.79 Å². The Bertz CT molecular complexity index is 123. The Morgan fingerprint density at radius 2 is 2.09 bits per heavy atom. The molecule has 0 bridgehead atoms. The second kappa shape index (κ2) is 5.58. The highest BCUT2D eigenvalue weighted by atomic mass is 79.9. The van der Waals surface area contributed by atoms with Crippen molar-refractivity contribution in [2.24, 2.45) is 5.92 Å². The van der Waals surface area contributed by atoms with Crippen molar-refractivity contribution in [3.8, 4) is 0 Å². The van der Waals surface area contributed by atoms with Gasteiger partial charge in [0, 0.05) is 0 Å². The number of hydrogen-bond acceptors (Lipinski definition) is 2. The third-order valence-electron chi connectivity index (χ3n) is 1.17. The van der Waals surface area contributed by atoms with E-state index in [0.29, 0.717) is 12.5 Å². The average Bonchev–Trinajstić information content (AvgIpc) is 1.98. The van der Waals surface area contributed by atoms with Crippen molar-refractivity contribution in [1.29, 1.82) is 0 Å². The molecule has 0 radical (unpaired) electrons. The van der Waals surface area contributed by atoms with Crippen molar-refractivity contribution in [2.45, 2.75) is 32.0 Å². The molecule has 0 aliphatic carbocycles. The van der Waals surface area contributed by atoms with Crippen molar-refractivity contribution in [3.05, 3.63) is 0 Å². The molecule has 0 aromatic heterocycles. The zero-order valence-corrected chi connectivity index (χ0v) is 8.85. The lowest BCUT2D eigenvalue weighted by atomic mass is 10.2. The number of hydrogen-bond donors (Lipinski definition) is 0. The van der Waals surface area contributed by atoms with Crippen molar-refractivity contribution in [1.82, 2.24) is 0 Å². The molecule has 0 amide bonds. The van der Waals surface area contributed by atoms with Gasteiger partial charge in [-0.15, -0.1) is 0 Å². The Morgan fingerprint density at radius 3 is 2.45 bits per heavy atom. The lowest BCUT2D eigenvalue weighted by Crippen LogP contribution is -2.18. The van der Waals surface area contributed by atoms with Crippen molar-refractivity contribution in [3.63, 3.8) is 0 Å². The van der Waals surface area contributed by atoms with Crippen LogP contribution in [0.3, 0.4) is 0 Å². The molecule has 1 atom stereocenters. The maximum Gasteiger partial charge on any atom is 0.319 e. The summed E-state index contributed by atoms with van der Waals surface area (Å²) in [6, 6.07) is 0. The largest absolute Gasteiger partial charge is 0.465 e. The lowest BCUT2D eigenvalue weighted by Gasteiger charge is -2.09. The lowest BCUT2D eigenvalue weighted by molar-refractivity contribution is -0.143. The number of alkyl halides is 1. The third kappa shape index (κ3) is 5.24. The van der Waals surface area contributed by atoms with Crippen LogP contribution in [-0.2, 0) is 9.53 Å². The van der Waals surface area contributed by atoms with Gasteiger partial charge in [0.25, 0.3) is 0 Å². The standard InChI is InChI=1S/C8H15BrO2/c1-4-7(9)8(10)11-5-6(2)3/h6-7H,4-5H2,1-3H3/t7-/m0/s1. The van der Waals surface area contributed by atoms with E-state index >= 15 is 0 Å². The predicted molar refractivity (Wildman–Crippen MR) is 48.8 cm³/mol. The maximum atomic E-state index is 11.0. The second-order valence-corrected chi connectivity index (χ2v) is 4.00. The minimum absolute atomic E-state index is 0.138. The molecule has 0 aliphatic heterocycles. The number of carbonyl (C=O) groups is 1. The van der Waals surface area contributed by atoms with Crippen molar-refractivity contribution >= 4 is 21.9 Å². The van der Waals surface area contributed by atoms with E-state index in [1.165, 1.54) is 0 Å². The number of halogens is 1. The second-order valence-electron chi connectivity index (χ2n) is 2.90. The Hall–Kier alpha value is -0.0500. The molecule has 0 N–H and O–H groups in total. The van der Waals surface area contributed by atoms with E-state index < -0.39 is 0 Å². The van der Waals surface area contributed by atoms with Crippen LogP contribution in [0.2, 0.25) is 0 Å². The fourth-order valence-corrected chi connectivity index (χ4v) is 0.638. The summed E-state index contributed by atoms with van der Waals surface area (Å²) < 4.78 is 4.97. The van der Waals surface area contributed by atoms with Gasteiger partial charge in [0.15, 0.2) is 0 Å². The summed E-state index contributed by atoms with van der Waals surface area (Å²) in [7, 11) is 0. The first-order valence-corrected chi connectivity index (χ1v) is 4.80. The number of esters is 1. The zero-order valence-electron chi connectivity index (χ0n) is 7.26. The van der Waals surface area contributed by atoms with E-state index in [1.54, 1.807) is 0 Å². The minimum Gasteiger partial charge on any atom is -0.465 e. The van der Waals surface area contributed by atoms with Crippen LogP contribution in [0.1, 0.15) is 27.2 Å². The monoisotopic (exact) mass is 222 g/mol. The summed E-state index contributed by atoms with van der Waals surface area (Å²) in [5, 5.41) is 0. The first-order valence-electron chi connectivity index (χ1n) is 3.88. The predicted octanol–water partition coefficient (Wildman–Crippen LogP) is 2.36. The number of rotatable bonds is 4. The van der Waals surface area contributed by atoms with Crippen LogP contribution in [0.5, 0.6) is 0 Å². The topological polar surface area (TPSA) is 26.3 Å². The Labute approximate surface area is 76.4 Å². The highest BCUT2D eigenvalue weighted by Gasteiger charge is 2.13. The van der Waals surface area contributed by atoms with E-state index in [1.807, 2.05) is 20.8 Å². The molecule has 0 unspecified atom stereocenters. The van der Waals surface area contributed by atoms with E-state index in [2.05, 4.69) is 15.9 Å². The fraction of sp³-hybridized carbons (Fsp3) is 0.875. The summed E-state index contributed by atoms with van der Waals surface area (Å²) in [6.45, 7) is 6.49. The summed E-state index contributed by atoms with van der Waals surface area (Å²) in [5.41, 5.74) is 0. The van der Waals surface area contributed by atoms with Gasteiger partial charge in [-0.2, -0.15) is 0 Å². The minimum atomic E-state index is -0.152. The van der Waals surface area contributed by atoms with E-state index in [9.17, 15) is 4.79 Å². The molecule has 0 aliphatic rings. The summed E-state index contributed by atoms with van der Waals surface area (Å²) >= 11 is 3.22. The van der Waals surface area contributed by atoms with Gasteiger partial charge in [-0.1, -0.05) is 36.7 Å². The molecule has 0 spiro atoms. The fourth-order valence-electron chi connectivity index (χ4n) is 0.506. The first kappa shape index (κ1) is 11.0. The van der Waals surface area contributed by atoms with Crippen molar-refractivity contribution < 1.29 is 9.53 Å². The molecule has 66 valence electrons. The number of ether oxygens (including phenoxy) is 1. The van der Waals surface area contributed by atoms with Crippen LogP contribution >= 0.6 is 15.9 Å². The number of carbonyl (C=O) groups excluding carboxylic acids is 1.